The van der Waals surface area contributed by atoms with Crippen LogP contribution in [0, 0.1) is 0 Å². The van der Waals surface area contributed by atoms with Crippen molar-refractivity contribution in [3.05, 3.63) is 113 Å². The number of aromatic amines is 1. The first kappa shape index (κ1) is 22.2. The number of anilines is 1. The van der Waals surface area contributed by atoms with E-state index >= 15 is 0 Å². The molecule has 0 spiro atoms. The summed E-state index contributed by atoms with van der Waals surface area (Å²) in [5.41, 5.74) is 7.14. The summed E-state index contributed by atoms with van der Waals surface area (Å²) in [5, 5.41) is 10.8. The van der Waals surface area contributed by atoms with E-state index in [0.29, 0.717) is 6.61 Å². The highest BCUT2D eigenvalue weighted by atomic mass is 16.5. The summed E-state index contributed by atoms with van der Waals surface area (Å²) >= 11 is 0. The minimum Gasteiger partial charge on any atom is -0.497 e. The van der Waals surface area contributed by atoms with Gasteiger partial charge in [0, 0.05) is 23.5 Å². The maximum absolute atomic E-state index is 6.04. The summed E-state index contributed by atoms with van der Waals surface area (Å²) in [6.45, 7) is 0.376. The van der Waals surface area contributed by atoms with Crippen molar-refractivity contribution in [2.24, 2.45) is 0 Å². The van der Waals surface area contributed by atoms with Crippen LogP contribution >= 0.6 is 0 Å². The van der Waals surface area contributed by atoms with Gasteiger partial charge in [-0.2, -0.15) is 5.10 Å². The largest absolute Gasteiger partial charge is 0.497 e. The summed E-state index contributed by atoms with van der Waals surface area (Å²) in [4.78, 5) is 4.32. The van der Waals surface area contributed by atoms with Gasteiger partial charge in [-0.3, -0.25) is 10.1 Å². The number of hydrogen-bond acceptors (Lipinski definition) is 5. The number of hydrogen-bond donors (Lipinski definition) is 2. The molecule has 6 nitrogen and oxygen atoms in total. The van der Waals surface area contributed by atoms with Gasteiger partial charge < -0.3 is 14.8 Å². The van der Waals surface area contributed by atoms with Gasteiger partial charge in [0.15, 0.2) is 0 Å². The number of ether oxygens (including phenoxy) is 2. The highest BCUT2D eigenvalue weighted by Crippen LogP contribution is 2.27. The summed E-state index contributed by atoms with van der Waals surface area (Å²) in [6, 6.07) is 20.0. The Labute approximate surface area is 204 Å². The molecule has 2 N–H and O–H groups in total. The summed E-state index contributed by atoms with van der Waals surface area (Å²) in [7, 11) is 1.64. The van der Waals surface area contributed by atoms with E-state index in [1.54, 1.807) is 13.3 Å². The van der Waals surface area contributed by atoms with Crippen LogP contribution in [0.5, 0.6) is 11.5 Å². The van der Waals surface area contributed by atoms with Crippen LogP contribution < -0.4 is 14.8 Å². The zero-order valence-corrected chi connectivity index (χ0v) is 19.4. The molecule has 35 heavy (non-hydrogen) atoms. The van der Waals surface area contributed by atoms with E-state index in [9.17, 15) is 0 Å². The molecule has 0 atom stereocenters. The van der Waals surface area contributed by atoms with Crippen molar-refractivity contribution in [3.63, 3.8) is 0 Å². The maximum Gasteiger partial charge on any atom is 0.130 e. The van der Waals surface area contributed by atoms with Gasteiger partial charge >= 0.3 is 0 Å². The number of benzene rings is 2. The molecule has 5 rings (SSSR count). The number of nitrogens with one attached hydrogen (secondary N) is 2. The Morgan fingerprint density at radius 2 is 1.94 bits per heavy atom. The average molecular weight is 463 g/mol. The number of allylic oxidation sites excluding steroid dienone is 1. The monoisotopic (exact) mass is 462 g/mol. The van der Waals surface area contributed by atoms with Crippen molar-refractivity contribution in [3.8, 4) is 11.5 Å². The standard InChI is InChI=1S/C29H26N4O2/c1-34-27-14-11-23(29(19-27)35-20-26-6-2-3-15-30-26)10-13-25-18-24(32-33-25)12-8-21-7-9-22-5-4-16-31-28(22)17-21/h2-4,6-19,31H,5,20H2,1H3,(H,32,33)/b12-8+,13-10+. The lowest BCUT2D eigenvalue weighted by Crippen LogP contribution is -1.99. The topological polar surface area (TPSA) is 72.1 Å². The highest BCUT2D eigenvalue weighted by Gasteiger charge is 2.06. The van der Waals surface area contributed by atoms with Crippen molar-refractivity contribution in [2.75, 3.05) is 12.4 Å². The fourth-order valence-corrected chi connectivity index (χ4v) is 3.77. The van der Waals surface area contributed by atoms with Crippen molar-refractivity contribution in [1.82, 2.24) is 15.2 Å². The SMILES string of the molecule is COc1ccc(/C=C/c2cc(/C=C/c3ccc4c(c3)NC=CC4)[nH]n2)c(OCc2ccccn2)c1. The third-order valence-electron chi connectivity index (χ3n) is 5.66. The number of methoxy groups -OCH3 is 1. The maximum atomic E-state index is 6.04. The third kappa shape index (κ3) is 5.68. The van der Waals surface area contributed by atoms with Gasteiger partial charge in [0.2, 0.25) is 0 Å². The molecule has 0 amide bonds. The molecular weight excluding hydrogens is 436 g/mol. The first-order valence-electron chi connectivity index (χ1n) is 11.4. The molecule has 174 valence electrons. The molecule has 0 saturated heterocycles. The molecule has 1 aliphatic heterocycles. The minimum atomic E-state index is 0.376. The smallest absolute Gasteiger partial charge is 0.130 e. The van der Waals surface area contributed by atoms with Crippen molar-refractivity contribution in [1.29, 1.82) is 0 Å². The van der Waals surface area contributed by atoms with E-state index in [4.69, 9.17) is 9.47 Å². The Morgan fingerprint density at radius 3 is 2.83 bits per heavy atom. The first-order valence-corrected chi connectivity index (χ1v) is 11.4. The molecule has 0 saturated carbocycles. The number of aromatic nitrogens is 3. The van der Waals surface area contributed by atoms with Gasteiger partial charge in [0.1, 0.15) is 18.1 Å². The molecular formula is C29H26N4O2. The van der Waals surface area contributed by atoms with Crippen molar-refractivity contribution in [2.45, 2.75) is 13.0 Å². The van der Waals surface area contributed by atoms with Gasteiger partial charge in [0.25, 0.3) is 0 Å². The van der Waals surface area contributed by atoms with E-state index in [0.717, 1.165) is 51.8 Å². The van der Waals surface area contributed by atoms with Crippen LogP contribution in [-0.2, 0) is 13.0 Å². The van der Waals surface area contributed by atoms with Gasteiger partial charge in [-0.05, 0) is 78.4 Å². The first-order chi connectivity index (χ1) is 17.3. The Morgan fingerprint density at radius 1 is 0.971 bits per heavy atom. The second-order valence-electron chi connectivity index (χ2n) is 8.10. The van der Waals surface area contributed by atoms with Crippen molar-refractivity contribution < 1.29 is 9.47 Å². The summed E-state index contributed by atoms with van der Waals surface area (Å²) in [6.07, 6.45) is 14.9. The predicted molar refractivity (Wildman–Crippen MR) is 141 cm³/mol. The number of nitrogens with zero attached hydrogens (tertiary/aromatic N) is 2. The van der Waals surface area contributed by atoms with Gasteiger partial charge in [-0.1, -0.05) is 30.4 Å². The fraction of sp³-hybridized carbons (Fsp3) is 0.103. The predicted octanol–water partition coefficient (Wildman–Crippen LogP) is 6.21. The quantitative estimate of drug-likeness (QED) is 0.325. The lowest BCUT2D eigenvalue weighted by atomic mass is 10.0. The molecule has 0 fully saturated rings. The van der Waals surface area contributed by atoms with E-state index in [1.165, 1.54) is 5.56 Å². The second kappa shape index (κ2) is 10.6. The Kier molecular flexibility index (Phi) is 6.71. The van der Waals surface area contributed by atoms with Crippen LogP contribution in [0.15, 0.2) is 79.1 Å². The van der Waals surface area contributed by atoms with Crippen LogP contribution in [-0.4, -0.2) is 22.3 Å². The number of fused-ring (bicyclic) bond motifs is 1. The average Bonchev–Trinajstić information content (AvgIpc) is 3.38. The molecule has 1 aliphatic rings. The Hall–Kier alpha value is -4.58. The normalized spacial score (nSPS) is 12.6. The van der Waals surface area contributed by atoms with E-state index < -0.39 is 0 Å². The molecule has 0 radical (unpaired) electrons. The number of pyridine rings is 1. The molecule has 0 unspecified atom stereocenters. The second-order valence-corrected chi connectivity index (χ2v) is 8.10. The molecule has 3 heterocycles. The van der Waals surface area contributed by atoms with E-state index in [1.807, 2.05) is 66.9 Å². The van der Waals surface area contributed by atoms with Crippen LogP contribution in [0.1, 0.15) is 33.8 Å². The highest BCUT2D eigenvalue weighted by molar-refractivity contribution is 5.75. The number of H-pyrrole nitrogens is 1. The lowest BCUT2D eigenvalue weighted by molar-refractivity contribution is 0.298. The minimum absolute atomic E-state index is 0.376. The van der Waals surface area contributed by atoms with E-state index in [-0.39, 0.29) is 0 Å². The van der Waals surface area contributed by atoms with Gasteiger partial charge in [-0.25, -0.2) is 0 Å². The van der Waals surface area contributed by atoms with E-state index in [2.05, 4.69) is 50.8 Å². The number of rotatable bonds is 8. The summed E-state index contributed by atoms with van der Waals surface area (Å²) < 4.78 is 11.4. The summed E-state index contributed by atoms with van der Waals surface area (Å²) in [5.74, 6) is 1.46. The zero-order chi connectivity index (χ0) is 23.9. The molecule has 0 aliphatic carbocycles. The van der Waals surface area contributed by atoms with Crippen LogP contribution in [0.4, 0.5) is 5.69 Å². The Bertz CT molecular complexity index is 1390. The van der Waals surface area contributed by atoms with Gasteiger partial charge in [-0.15, -0.1) is 0 Å². The third-order valence-corrected chi connectivity index (χ3v) is 5.66. The van der Waals surface area contributed by atoms with Crippen LogP contribution in [0.25, 0.3) is 24.3 Å². The van der Waals surface area contributed by atoms with Crippen LogP contribution in [0.2, 0.25) is 0 Å². The zero-order valence-electron chi connectivity index (χ0n) is 19.4. The Balaban J connectivity index is 1.28. The van der Waals surface area contributed by atoms with Crippen LogP contribution in [0.3, 0.4) is 0 Å². The lowest BCUT2D eigenvalue weighted by Gasteiger charge is -2.12. The fourth-order valence-electron chi connectivity index (χ4n) is 3.77. The molecule has 2 aromatic heterocycles. The van der Waals surface area contributed by atoms with Crippen molar-refractivity contribution >= 4 is 30.0 Å². The van der Waals surface area contributed by atoms with Gasteiger partial charge in [0.05, 0.1) is 24.2 Å². The molecule has 0 bridgehead atoms. The molecule has 4 aromatic rings. The molecule has 2 aromatic carbocycles. The molecule has 6 heteroatoms.